The molecule has 2 aromatic carbocycles. The number of aromatic hydroxyl groups is 1. The van der Waals surface area contributed by atoms with E-state index in [1.165, 1.54) is 16.6 Å². The molecule has 0 fully saturated rings. The van der Waals surface area contributed by atoms with Gasteiger partial charge in [-0.25, -0.2) is 9.97 Å². The first-order chi connectivity index (χ1) is 14.4. The van der Waals surface area contributed by atoms with Crippen LogP contribution in [0.5, 0.6) is 5.75 Å². The van der Waals surface area contributed by atoms with Gasteiger partial charge in [0.25, 0.3) is 0 Å². The van der Waals surface area contributed by atoms with Crippen LogP contribution in [0.3, 0.4) is 0 Å². The number of nitrogens with zero attached hydrogens (tertiary/aromatic N) is 2. The Kier molecular flexibility index (Phi) is 5.74. The van der Waals surface area contributed by atoms with Crippen molar-refractivity contribution >= 4 is 44.9 Å². The maximum Gasteiger partial charge on any atom is 0.234 e. The molecule has 2 heterocycles. The molecule has 0 spiro atoms. The lowest BCUT2D eigenvalue weighted by Crippen LogP contribution is -2.14. The average Bonchev–Trinajstić information content (AvgIpc) is 3.05. The molecule has 0 saturated carbocycles. The Morgan fingerprint density at radius 1 is 1.10 bits per heavy atom. The number of nitrogens with one attached hydrogen (secondary N) is 1. The van der Waals surface area contributed by atoms with E-state index in [1.54, 1.807) is 29.5 Å². The summed E-state index contributed by atoms with van der Waals surface area (Å²) in [5.74, 6) is 0.724. The summed E-state index contributed by atoms with van der Waals surface area (Å²) in [7, 11) is 0. The number of aromatic nitrogens is 2. The van der Waals surface area contributed by atoms with E-state index in [9.17, 15) is 9.90 Å². The lowest BCUT2D eigenvalue weighted by atomic mass is 10.0. The molecule has 0 atom stereocenters. The van der Waals surface area contributed by atoms with Gasteiger partial charge < -0.3 is 10.4 Å². The Balaban J connectivity index is 1.64. The number of amides is 1. The zero-order valence-corrected chi connectivity index (χ0v) is 18.5. The highest BCUT2D eigenvalue weighted by Gasteiger charge is 2.19. The molecule has 7 heteroatoms. The molecule has 4 aromatic rings. The van der Waals surface area contributed by atoms with Crippen molar-refractivity contribution in [3.8, 4) is 16.9 Å². The second kappa shape index (κ2) is 8.45. The lowest BCUT2D eigenvalue weighted by Gasteiger charge is -2.09. The molecule has 0 aliphatic heterocycles. The molecule has 4 rings (SSSR count). The molecule has 2 aromatic heterocycles. The monoisotopic (exact) mass is 435 g/mol. The largest absolute Gasteiger partial charge is 0.506 e. The van der Waals surface area contributed by atoms with Crippen LogP contribution in [-0.2, 0) is 4.79 Å². The number of benzene rings is 2. The predicted octanol–water partition coefficient (Wildman–Crippen LogP) is 5.72. The molecule has 0 unspecified atom stereocenters. The van der Waals surface area contributed by atoms with E-state index in [4.69, 9.17) is 0 Å². The first kappa shape index (κ1) is 20.4. The quantitative estimate of drug-likeness (QED) is 0.238. The third-order valence-corrected chi connectivity index (χ3v) is 6.61. The van der Waals surface area contributed by atoms with Crippen molar-refractivity contribution in [2.45, 2.75) is 25.8 Å². The predicted molar refractivity (Wildman–Crippen MR) is 125 cm³/mol. The van der Waals surface area contributed by atoms with Crippen molar-refractivity contribution in [2.75, 3.05) is 11.1 Å². The Labute approximate surface area is 183 Å². The lowest BCUT2D eigenvalue weighted by molar-refractivity contribution is -0.113. The number of carbonyl (C=O) groups excluding carboxylic acids is 1. The van der Waals surface area contributed by atoms with Crippen LogP contribution in [0.2, 0.25) is 0 Å². The van der Waals surface area contributed by atoms with Crippen LogP contribution in [-0.4, -0.2) is 26.7 Å². The summed E-state index contributed by atoms with van der Waals surface area (Å²) in [6.07, 6.45) is 0. The number of thiophene rings is 1. The third kappa shape index (κ3) is 4.17. The molecule has 1 amide bonds. The molecule has 5 nitrogen and oxygen atoms in total. The summed E-state index contributed by atoms with van der Waals surface area (Å²) < 4.78 is 0. The van der Waals surface area contributed by atoms with Crippen LogP contribution < -0.4 is 5.32 Å². The molecular formula is C23H21N3O2S2. The minimum atomic E-state index is -0.196. The fourth-order valence-corrected chi connectivity index (χ4v) is 5.34. The highest BCUT2D eigenvalue weighted by Crippen LogP contribution is 2.41. The summed E-state index contributed by atoms with van der Waals surface area (Å²) in [6, 6.07) is 15.3. The van der Waals surface area contributed by atoms with Gasteiger partial charge in [-0.1, -0.05) is 48.2 Å². The van der Waals surface area contributed by atoms with Crippen LogP contribution in [0.1, 0.15) is 16.3 Å². The van der Waals surface area contributed by atoms with Crippen molar-refractivity contribution in [2.24, 2.45) is 0 Å². The van der Waals surface area contributed by atoms with Gasteiger partial charge in [0.15, 0.2) is 0 Å². The fourth-order valence-electron chi connectivity index (χ4n) is 3.31. The standard InChI is InChI=1S/C23H21N3O2S2/c1-13-9-10-18(27)17(11-13)26-19(28)12-29-22-21-20(16-7-5-4-6-8-16)14(2)30-23(21)25-15(3)24-22/h4-11,27H,12H2,1-3H3,(H,26,28). The molecular weight excluding hydrogens is 414 g/mol. The second-order valence-corrected chi connectivity index (χ2v) is 9.18. The van der Waals surface area contributed by atoms with Crippen molar-refractivity contribution in [1.82, 2.24) is 9.97 Å². The summed E-state index contributed by atoms with van der Waals surface area (Å²) >= 11 is 3.03. The minimum Gasteiger partial charge on any atom is -0.506 e. The maximum absolute atomic E-state index is 12.5. The van der Waals surface area contributed by atoms with E-state index in [2.05, 4.69) is 34.3 Å². The second-order valence-electron chi connectivity index (χ2n) is 7.01. The van der Waals surface area contributed by atoms with Gasteiger partial charge in [-0.2, -0.15) is 0 Å². The van der Waals surface area contributed by atoms with Gasteiger partial charge in [0.05, 0.1) is 16.8 Å². The molecule has 0 radical (unpaired) electrons. The van der Waals surface area contributed by atoms with Crippen molar-refractivity contribution in [3.63, 3.8) is 0 Å². The number of hydrogen-bond acceptors (Lipinski definition) is 6. The van der Waals surface area contributed by atoms with E-state index < -0.39 is 0 Å². The van der Waals surface area contributed by atoms with Crippen LogP contribution in [0.15, 0.2) is 53.6 Å². The SMILES string of the molecule is Cc1ccc(O)c(NC(=O)CSc2nc(C)nc3sc(C)c(-c4ccccc4)c23)c1. The van der Waals surface area contributed by atoms with Gasteiger partial charge in [-0.05, 0) is 44.0 Å². The molecule has 0 aliphatic carbocycles. The number of anilines is 1. The molecule has 0 saturated heterocycles. The third-order valence-electron chi connectivity index (χ3n) is 4.63. The maximum atomic E-state index is 12.5. The van der Waals surface area contributed by atoms with Crippen molar-refractivity contribution < 1.29 is 9.90 Å². The summed E-state index contributed by atoms with van der Waals surface area (Å²) in [6.45, 7) is 5.87. The number of fused-ring (bicyclic) bond motifs is 1. The molecule has 152 valence electrons. The van der Waals surface area contributed by atoms with Crippen LogP contribution in [0.4, 0.5) is 5.69 Å². The van der Waals surface area contributed by atoms with E-state index in [1.807, 2.05) is 32.0 Å². The Morgan fingerprint density at radius 3 is 2.63 bits per heavy atom. The van der Waals surface area contributed by atoms with E-state index in [-0.39, 0.29) is 17.4 Å². The molecule has 30 heavy (non-hydrogen) atoms. The number of rotatable bonds is 5. The number of carbonyl (C=O) groups is 1. The van der Waals surface area contributed by atoms with Crippen molar-refractivity contribution in [1.29, 1.82) is 0 Å². The van der Waals surface area contributed by atoms with E-state index in [0.29, 0.717) is 11.5 Å². The number of hydrogen-bond donors (Lipinski definition) is 2. The summed E-state index contributed by atoms with van der Waals surface area (Å²) in [5, 5.41) is 14.5. The van der Waals surface area contributed by atoms with Crippen LogP contribution in [0.25, 0.3) is 21.3 Å². The van der Waals surface area contributed by atoms with Crippen LogP contribution >= 0.6 is 23.1 Å². The number of thioether (sulfide) groups is 1. The number of phenolic OH excluding ortho intramolecular Hbond substituents is 1. The van der Waals surface area contributed by atoms with Gasteiger partial charge >= 0.3 is 0 Å². The average molecular weight is 436 g/mol. The van der Waals surface area contributed by atoms with Gasteiger partial charge in [0, 0.05) is 10.4 Å². The molecule has 0 bridgehead atoms. The highest BCUT2D eigenvalue weighted by molar-refractivity contribution is 8.00. The fraction of sp³-hybridized carbons (Fsp3) is 0.174. The van der Waals surface area contributed by atoms with Gasteiger partial charge in [0.2, 0.25) is 5.91 Å². The zero-order chi connectivity index (χ0) is 21.3. The smallest absolute Gasteiger partial charge is 0.234 e. The normalized spacial score (nSPS) is 11.0. The molecule has 0 aliphatic rings. The van der Waals surface area contributed by atoms with Crippen molar-refractivity contribution in [3.05, 3.63) is 64.8 Å². The molecule has 2 N–H and O–H groups in total. The highest BCUT2D eigenvalue weighted by atomic mass is 32.2. The van der Waals surface area contributed by atoms with Gasteiger partial charge in [-0.3, -0.25) is 4.79 Å². The summed E-state index contributed by atoms with van der Waals surface area (Å²) in [5.41, 5.74) is 3.62. The number of phenols is 1. The Bertz CT molecular complexity index is 1240. The van der Waals surface area contributed by atoms with Gasteiger partial charge in [-0.15, -0.1) is 11.3 Å². The number of aryl methyl sites for hydroxylation is 3. The Morgan fingerprint density at radius 2 is 1.87 bits per heavy atom. The van der Waals surface area contributed by atoms with Gasteiger partial charge in [0.1, 0.15) is 21.4 Å². The topological polar surface area (TPSA) is 75.1 Å². The first-order valence-electron chi connectivity index (χ1n) is 9.48. The Hall–Kier alpha value is -2.90. The minimum absolute atomic E-state index is 0.0547. The zero-order valence-electron chi connectivity index (χ0n) is 16.9. The van der Waals surface area contributed by atoms with E-state index >= 15 is 0 Å². The first-order valence-corrected chi connectivity index (χ1v) is 11.3. The van der Waals surface area contributed by atoms with E-state index in [0.717, 1.165) is 31.9 Å². The summed E-state index contributed by atoms with van der Waals surface area (Å²) in [4.78, 5) is 23.9. The van der Waals surface area contributed by atoms with Crippen LogP contribution in [0, 0.1) is 20.8 Å².